The van der Waals surface area contributed by atoms with Crippen LogP contribution in [0.25, 0.3) is 0 Å². The predicted octanol–water partition coefficient (Wildman–Crippen LogP) is 2.26. The van der Waals surface area contributed by atoms with Crippen molar-refractivity contribution in [3.8, 4) is 0 Å². The number of hydrogen-bond donors (Lipinski definition) is 0. The van der Waals surface area contributed by atoms with Gasteiger partial charge in [0.15, 0.2) is 0 Å². The van der Waals surface area contributed by atoms with Crippen molar-refractivity contribution in [3.05, 3.63) is 0 Å². The van der Waals surface area contributed by atoms with E-state index in [1.807, 2.05) is 11.9 Å². The van der Waals surface area contributed by atoms with Crippen LogP contribution in [0.1, 0.15) is 32.6 Å². The molecule has 0 atom stereocenters. The lowest BCUT2D eigenvalue weighted by Gasteiger charge is -2.33. The molecule has 0 heterocycles. The number of carbonyl (C=O) groups excluding carboxylic acids is 1. The molecule has 1 aliphatic carbocycles. The lowest BCUT2D eigenvalue weighted by molar-refractivity contribution is -0.129. The summed E-state index contributed by atoms with van der Waals surface area (Å²) in [6.45, 7) is 2.28. The van der Waals surface area contributed by atoms with Gasteiger partial charge in [0.2, 0.25) is 5.91 Å². The topological polar surface area (TPSA) is 20.3 Å². The molecular weight excluding hydrogens is 186 g/mol. The molecule has 1 aliphatic rings. The molecule has 0 aromatic heterocycles. The molecule has 0 bridgehead atoms. The molecule has 0 N–H and O–H groups in total. The summed E-state index contributed by atoms with van der Waals surface area (Å²) in [7, 11) is 1.87. The van der Waals surface area contributed by atoms with Crippen molar-refractivity contribution in [2.75, 3.05) is 12.9 Å². The van der Waals surface area contributed by atoms with Crippen molar-refractivity contribution < 1.29 is 4.79 Å². The van der Waals surface area contributed by atoms with Crippen LogP contribution in [0.2, 0.25) is 0 Å². The fraction of sp³-hybridized carbons (Fsp3) is 0.900. The van der Waals surface area contributed by atoms with E-state index in [-0.39, 0.29) is 11.8 Å². The number of nitrogens with zero attached hydrogens (tertiary/aromatic N) is 1. The van der Waals surface area contributed by atoms with Gasteiger partial charge in [0.05, 0.1) is 0 Å². The average molecular weight is 204 g/mol. The Labute approximate surface area is 85.2 Å². The van der Waals surface area contributed by atoms with E-state index in [9.17, 15) is 4.79 Å². The third kappa shape index (κ3) is 2.87. The van der Waals surface area contributed by atoms with Crippen molar-refractivity contribution in [1.82, 2.24) is 4.90 Å². The Morgan fingerprint density at radius 1 is 1.38 bits per heavy atom. The minimum atomic E-state index is 0.0567. The highest BCUT2D eigenvalue weighted by molar-refractivity contribution is 6.27. The molecule has 0 unspecified atom stereocenters. The van der Waals surface area contributed by atoms with Gasteiger partial charge in [-0.2, -0.15) is 0 Å². The van der Waals surface area contributed by atoms with Gasteiger partial charge in [0.1, 0.15) is 5.88 Å². The fourth-order valence-electron chi connectivity index (χ4n) is 1.93. The van der Waals surface area contributed by atoms with Gasteiger partial charge in [0, 0.05) is 13.1 Å². The molecule has 0 aromatic rings. The van der Waals surface area contributed by atoms with Crippen LogP contribution in [0.3, 0.4) is 0 Å². The highest BCUT2D eigenvalue weighted by Gasteiger charge is 2.23. The first-order chi connectivity index (χ1) is 6.15. The summed E-state index contributed by atoms with van der Waals surface area (Å²) in [5, 5.41) is 0. The van der Waals surface area contributed by atoms with Gasteiger partial charge < -0.3 is 4.90 Å². The zero-order valence-corrected chi connectivity index (χ0v) is 9.18. The number of rotatable bonds is 2. The molecular formula is C10H18ClNO. The summed E-state index contributed by atoms with van der Waals surface area (Å²) in [5.41, 5.74) is 0. The molecule has 0 spiro atoms. The monoisotopic (exact) mass is 203 g/mol. The number of halogens is 1. The molecule has 2 nitrogen and oxygen atoms in total. The molecule has 13 heavy (non-hydrogen) atoms. The van der Waals surface area contributed by atoms with E-state index in [1.165, 1.54) is 12.8 Å². The number of alkyl halides is 1. The van der Waals surface area contributed by atoms with Crippen molar-refractivity contribution in [2.24, 2.45) is 5.92 Å². The Hall–Kier alpha value is -0.240. The van der Waals surface area contributed by atoms with Gasteiger partial charge in [-0.3, -0.25) is 4.79 Å². The third-order valence-corrected chi connectivity index (χ3v) is 3.27. The van der Waals surface area contributed by atoms with E-state index in [1.54, 1.807) is 0 Å². The molecule has 0 aromatic carbocycles. The van der Waals surface area contributed by atoms with Crippen LogP contribution >= 0.6 is 11.6 Å². The van der Waals surface area contributed by atoms with Crippen LogP contribution in [0.5, 0.6) is 0 Å². The highest BCUT2D eigenvalue weighted by atomic mass is 35.5. The largest absolute Gasteiger partial charge is 0.342 e. The zero-order chi connectivity index (χ0) is 9.84. The van der Waals surface area contributed by atoms with E-state index < -0.39 is 0 Å². The van der Waals surface area contributed by atoms with Gasteiger partial charge >= 0.3 is 0 Å². The molecule has 0 radical (unpaired) electrons. The maximum Gasteiger partial charge on any atom is 0.237 e. The molecule has 0 aliphatic heterocycles. The fourth-order valence-corrected chi connectivity index (χ4v) is 2.12. The van der Waals surface area contributed by atoms with E-state index in [2.05, 4.69) is 6.92 Å². The Bertz CT molecular complexity index is 176. The predicted molar refractivity (Wildman–Crippen MR) is 54.9 cm³/mol. The van der Waals surface area contributed by atoms with Crippen LogP contribution in [0, 0.1) is 5.92 Å². The summed E-state index contributed by atoms with van der Waals surface area (Å²) < 4.78 is 0. The van der Waals surface area contributed by atoms with E-state index >= 15 is 0 Å². The standard InChI is InChI=1S/C10H18ClNO/c1-8-3-5-9(6-4-8)12(2)10(13)7-11/h8-9H,3-7H2,1-2H3. The van der Waals surface area contributed by atoms with Crippen molar-refractivity contribution >= 4 is 17.5 Å². The summed E-state index contributed by atoms with van der Waals surface area (Å²) >= 11 is 5.50. The van der Waals surface area contributed by atoms with E-state index in [0.717, 1.165) is 18.8 Å². The smallest absolute Gasteiger partial charge is 0.237 e. The average Bonchev–Trinajstić information content (AvgIpc) is 2.17. The maximum absolute atomic E-state index is 11.3. The van der Waals surface area contributed by atoms with Crippen LogP contribution < -0.4 is 0 Å². The van der Waals surface area contributed by atoms with Crippen LogP contribution in [-0.4, -0.2) is 29.8 Å². The lowest BCUT2D eigenvalue weighted by Crippen LogP contribution is -2.39. The minimum absolute atomic E-state index is 0.0567. The Kier molecular flexibility index (Phi) is 4.04. The number of amides is 1. The van der Waals surface area contributed by atoms with Crippen LogP contribution in [0.4, 0.5) is 0 Å². The summed E-state index contributed by atoms with van der Waals surface area (Å²) in [6, 6.07) is 0.433. The quantitative estimate of drug-likeness (QED) is 0.631. The van der Waals surface area contributed by atoms with Gasteiger partial charge in [-0.05, 0) is 31.6 Å². The van der Waals surface area contributed by atoms with Crippen LogP contribution in [0.15, 0.2) is 0 Å². The molecule has 3 heteroatoms. The van der Waals surface area contributed by atoms with Crippen LogP contribution in [-0.2, 0) is 4.79 Å². The molecule has 1 fully saturated rings. The maximum atomic E-state index is 11.3. The van der Waals surface area contributed by atoms with Crippen molar-refractivity contribution in [3.63, 3.8) is 0 Å². The molecule has 1 saturated carbocycles. The molecule has 0 saturated heterocycles. The Balaban J connectivity index is 2.39. The second-order valence-corrected chi connectivity index (χ2v) is 4.32. The van der Waals surface area contributed by atoms with Gasteiger partial charge in [-0.25, -0.2) is 0 Å². The van der Waals surface area contributed by atoms with Crippen molar-refractivity contribution in [1.29, 1.82) is 0 Å². The van der Waals surface area contributed by atoms with Gasteiger partial charge in [-0.15, -0.1) is 11.6 Å². The summed E-state index contributed by atoms with van der Waals surface area (Å²) in [6.07, 6.45) is 4.76. The second kappa shape index (κ2) is 4.85. The van der Waals surface area contributed by atoms with E-state index in [0.29, 0.717) is 6.04 Å². The zero-order valence-electron chi connectivity index (χ0n) is 8.42. The lowest BCUT2D eigenvalue weighted by atomic mass is 9.87. The first-order valence-corrected chi connectivity index (χ1v) is 5.50. The number of carbonyl (C=O) groups is 1. The van der Waals surface area contributed by atoms with Gasteiger partial charge in [-0.1, -0.05) is 6.92 Å². The first kappa shape index (κ1) is 10.8. The molecule has 1 rings (SSSR count). The SMILES string of the molecule is CC1CCC(N(C)C(=O)CCl)CC1. The Morgan fingerprint density at radius 3 is 2.38 bits per heavy atom. The second-order valence-electron chi connectivity index (χ2n) is 4.05. The van der Waals surface area contributed by atoms with Gasteiger partial charge in [0.25, 0.3) is 0 Å². The molecule has 1 amide bonds. The van der Waals surface area contributed by atoms with E-state index in [4.69, 9.17) is 11.6 Å². The molecule has 76 valence electrons. The minimum Gasteiger partial charge on any atom is -0.342 e. The normalized spacial score (nSPS) is 28.5. The summed E-state index contributed by atoms with van der Waals surface area (Å²) in [5.74, 6) is 1.000. The third-order valence-electron chi connectivity index (χ3n) is 3.04. The summed E-state index contributed by atoms with van der Waals surface area (Å²) in [4.78, 5) is 13.1. The highest BCUT2D eigenvalue weighted by Crippen LogP contribution is 2.26. The van der Waals surface area contributed by atoms with Crippen molar-refractivity contribution in [2.45, 2.75) is 38.6 Å². The first-order valence-electron chi connectivity index (χ1n) is 4.96. The number of hydrogen-bond acceptors (Lipinski definition) is 1. The Morgan fingerprint density at radius 2 is 1.92 bits per heavy atom.